The number of carbonyl (C=O) groups is 2. The van der Waals surface area contributed by atoms with Gasteiger partial charge in [-0.2, -0.15) is 0 Å². The monoisotopic (exact) mass is 312 g/mol. The maximum Gasteiger partial charge on any atom is 0.321 e. The van der Waals surface area contributed by atoms with Gasteiger partial charge in [-0.05, 0) is 64.7 Å². The molecule has 1 aliphatic heterocycles. The fourth-order valence-corrected chi connectivity index (χ4v) is 2.70. The Kier molecular flexibility index (Phi) is 8.42. The molecule has 6 heteroatoms. The Morgan fingerprint density at radius 3 is 2.36 bits per heavy atom. The number of amides is 3. The largest absolute Gasteiger partial charge is 0.338 e. The van der Waals surface area contributed by atoms with Crippen LogP contribution in [0.5, 0.6) is 0 Å². The van der Waals surface area contributed by atoms with Crippen LogP contribution < -0.4 is 16.0 Å². The Hall–Kier alpha value is -1.14. The van der Waals surface area contributed by atoms with Crippen LogP contribution in [-0.2, 0) is 4.79 Å². The Bertz CT molecular complexity index is 352. The van der Waals surface area contributed by atoms with Crippen LogP contribution in [0.2, 0.25) is 0 Å². The molecular weight excluding hydrogens is 280 g/mol. The lowest BCUT2D eigenvalue weighted by molar-refractivity contribution is -0.125. The number of hydrogen-bond donors (Lipinski definition) is 3. The SMILES string of the molecule is CNCCC1CCN(C(C)C(=O)NC(=O)NCC(C)C)CC1. The molecule has 1 atom stereocenters. The quantitative estimate of drug-likeness (QED) is 0.660. The average molecular weight is 312 g/mol. The second kappa shape index (κ2) is 9.79. The van der Waals surface area contributed by atoms with E-state index in [1.54, 1.807) is 0 Å². The zero-order chi connectivity index (χ0) is 16.5. The molecule has 6 nitrogen and oxygen atoms in total. The van der Waals surface area contributed by atoms with Gasteiger partial charge in [0.1, 0.15) is 0 Å². The van der Waals surface area contributed by atoms with Crippen LogP contribution >= 0.6 is 0 Å². The first-order valence-electron chi connectivity index (χ1n) is 8.41. The molecule has 3 amide bonds. The summed E-state index contributed by atoms with van der Waals surface area (Å²) in [6.07, 6.45) is 3.44. The van der Waals surface area contributed by atoms with Crippen LogP contribution in [0.3, 0.4) is 0 Å². The van der Waals surface area contributed by atoms with Gasteiger partial charge in [0.05, 0.1) is 6.04 Å². The van der Waals surface area contributed by atoms with Crippen molar-refractivity contribution in [2.45, 2.75) is 46.1 Å². The maximum absolute atomic E-state index is 12.1. The highest BCUT2D eigenvalue weighted by Crippen LogP contribution is 2.21. The highest BCUT2D eigenvalue weighted by atomic mass is 16.2. The van der Waals surface area contributed by atoms with Crippen molar-refractivity contribution in [2.24, 2.45) is 11.8 Å². The molecule has 1 unspecified atom stereocenters. The van der Waals surface area contributed by atoms with Crippen molar-refractivity contribution in [2.75, 3.05) is 33.2 Å². The predicted molar refractivity (Wildman–Crippen MR) is 88.7 cm³/mol. The lowest BCUT2D eigenvalue weighted by atomic mass is 9.93. The Morgan fingerprint density at radius 2 is 1.82 bits per heavy atom. The molecule has 1 aliphatic rings. The van der Waals surface area contributed by atoms with Crippen molar-refractivity contribution in [1.82, 2.24) is 20.9 Å². The van der Waals surface area contributed by atoms with E-state index in [4.69, 9.17) is 0 Å². The topological polar surface area (TPSA) is 73.5 Å². The van der Waals surface area contributed by atoms with Crippen molar-refractivity contribution in [3.63, 3.8) is 0 Å². The minimum atomic E-state index is -0.394. The van der Waals surface area contributed by atoms with E-state index in [1.165, 1.54) is 6.42 Å². The van der Waals surface area contributed by atoms with Gasteiger partial charge in [-0.25, -0.2) is 4.79 Å². The van der Waals surface area contributed by atoms with Crippen molar-refractivity contribution < 1.29 is 9.59 Å². The van der Waals surface area contributed by atoms with Gasteiger partial charge in [-0.1, -0.05) is 13.8 Å². The molecule has 0 spiro atoms. The fraction of sp³-hybridized carbons (Fsp3) is 0.875. The van der Waals surface area contributed by atoms with Crippen molar-refractivity contribution >= 4 is 11.9 Å². The van der Waals surface area contributed by atoms with Crippen LogP contribution in [0.1, 0.15) is 40.0 Å². The van der Waals surface area contributed by atoms with Gasteiger partial charge in [0, 0.05) is 6.54 Å². The number of urea groups is 1. The van der Waals surface area contributed by atoms with E-state index in [-0.39, 0.29) is 11.9 Å². The van der Waals surface area contributed by atoms with E-state index in [2.05, 4.69) is 20.9 Å². The lowest BCUT2D eigenvalue weighted by Crippen LogP contribution is -2.51. The van der Waals surface area contributed by atoms with Gasteiger partial charge < -0.3 is 10.6 Å². The highest BCUT2D eigenvalue weighted by molar-refractivity contribution is 5.96. The van der Waals surface area contributed by atoms with Crippen LogP contribution in [0.4, 0.5) is 4.79 Å². The second-order valence-corrected chi connectivity index (χ2v) is 6.64. The summed E-state index contributed by atoms with van der Waals surface area (Å²) in [6.45, 7) is 9.39. The summed E-state index contributed by atoms with van der Waals surface area (Å²) < 4.78 is 0. The normalized spacial score (nSPS) is 18.2. The van der Waals surface area contributed by atoms with Gasteiger partial charge in [0.15, 0.2) is 0 Å². The van der Waals surface area contributed by atoms with E-state index in [0.717, 1.165) is 38.4 Å². The Labute approximate surface area is 134 Å². The van der Waals surface area contributed by atoms with Crippen LogP contribution in [0.15, 0.2) is 0 Å². The first-order valence-corrected chi connectivity index (χ1v) is 8.41. The molecule has 0 saturated carbocycles. The molecule has 1 rings (SSSR count). The first-order chi connectivity index (χ1) is 10.4. The molecule has 128 valence electrons. The van der Waals surface area contributed by atoms with Crippen LogP contribution in [-0.4, -0.2) is 56.1 Å². The molecule has 0 aromatic carbocycles. The third-order valence-electron chi connectivity index (χ3n) is 4.29. The number of hydrogen-bond acceptors (Lipinski definition) is 4. The summed E-state index contributed by atoms with van der Waals surface area (Å²) in [6, 6.07) is -0.649. The lowest BCUT2D eigenvalue weighted by Gasteiger charge is -2.35. The molecule has 0 aliphatic carbocycles. The number of nitrogens with zero attached hydrogens (tertiary/aromatic N) is 1. The number of imide groups is 1. The second-order valence-electron chi connectivity index (χ2n) is 6.64. The summed E-state index contributed by atoms with van der Waals surface area (Å²) >= 11 is 0. The van der Waals surface area contributed by atoms with E-state index in [1.807, 2.05) is 27.8 Å². The molecule has 0 radical (unpaired) electrons. The van der Waals surface area contributed by atoms with E-state index in [0.29, 0.717) is 12.5 Å². The summed E-state index contributed by atoms with van der Waals surface area (Å²) in [5.74, 6) is 0.901. The standard InChI is InChI=1S/C16H32N4O2/c1-12(2)11-18-16(22)19-15(21)13(3)20-9-6-14(7-10-20)5-8-17-4/h12-14,17H,5-11H2,1-4H3,(H2,18,19,21,22). The highest BCUT2D eigenvalue weighted by Gasteiger charge is 2.27. The van der Waals surface area contributed by atoms with E-state index in [9.17, 15) is 9.59 Å². The van der Waals surface area contributed by atoms with E-state index >= 15 is 0 Å². The van der Waals surface area contributed by atoms with Gasteiger partial charge in [-0.3, -0.25) is 15.0 Å². The molecular formula is C16H32N4O2. The van der Waals surface area contributed by atoms with Crippen molar-refractivity contribution in [1.29, 1.82) is 0 Å². The predicted octanol–water partition coefficient (Wildman–Crippen LogP) is 1.18. The van der Waals surface area contributed by atoms with Crippen LogP contribution in [0.25, 0.3) is 0 Å². The average Bonchev–Trinajstić information content (AvgIpc) is 2.50. The molecule has 0 aromatic heterocycles. The molecule has 0 bridgehead atoms. The number of carbonyl (C=O) groups excluding carboxylic acids is 2. The summed E-state index contributed by atoms with van der Waals surface area (Å²) in [4.78, 5) is 25.9. The van der Waals surface area contributed by atoms with Gasteiger partial charge in [0.2, 0.25) is 5.91 Å². The van der Waals surface area contributed by atoms with E-state index < -0.39 is 6.03 Å². The van der Waals surface area contributed by atoms with Crippen LogP contribution in [0, 0.1) is 11.8 Å². The number of rotatable bonds is 7. The smallest absolute Gasteiger partial charge is 0.321 e. The number of nitrogens with one attached hydrogen (secondary N) is 3. The van der Waals surface area contributed by atoms with Crippen molar-refractivity contribution in [3.05, 3.63) is 0 Å². The first kappa shape index (κ1) is 18.9. The van der Waals surface area contributed by atoms with Gasteiger partial charge in [-0.15, -0.1) is 0 Å². The fourth-order valence-electron chi connectivity index (χ4n) is 2.70. The third kappa shape index (κ3) is 6.75. The molecule has 1 heterocycles. The zero-order valence-corrected chi connectivity index (χ0v) is 14.4. The summed E-state index contributed by atoms with van der Waals surface area (Å²) in [7, 11) is 1.98. The molecule has 0 aromatic rings. The molecule has 22 heavy (non-hydrogen) atoms. The molecule has 1 saturated heterocycles. The zero-order valence-electron chi connectivity index (χ0n) is 14.4. The molecule has 3 N–H and O–H groups in total. The number of likely N-dealkylation sites (tertiary alicyclic amines) is 1. The Morgan fingerprint density at radius 1 is 1.18 bits per heavy atom. The third-order valence-corrected chi connectivity index (χ3v) is 4.29. The van der Waals surface area contributed by atoms with Crippen molar-refractivity contribution in [3.8, 4) is 0 Å². The summed E-state index contributed by atoms with van der Waals surface area (Å²) in [5.41, 5.74) is 0. The minimum Gasteiger partial charge on any atom is -0.338 e. The molecule has 1 fully saturated rings. The van der Waals surface area contributed by atoms with Gasteiger partial charge in [0.25, 0.3) is 0 Å². The number of piperidine rings is 1. The summed E-state index contributed by atoms with van der Waals surface area (Å²) in [5, 5.41) is 8.33. The maximum atomic E-state index is 12.1. The Balaban J connectivity index is 2.30. The minimum absolute atomic E-state index is 0.213. The van der Waals surface area contributed by atoms with Gasteiger partial charge >= 0.3 is 6.03 Å².